The largest absolute Gasteiger partial charge is 0.338 e. The number of hydrogen-bond donors (Lipinski definition) is 2. The highest BCUT2D eigenvalue weighted by Crippen LogP contribution is 2.28. The first-order valence-electron chi connectivity index (χ1n) is 7.88. The molecule has 19 heavy (non-hydrogen) atoms. The van der Waals surface area contributed by atoms with Crippen molar-refractivity contribution in [2.24, 2.45) is 11.8 Å². The van der Waals surface area contributed by atoms with Gasteiger partial charge in [0.1, 0.15) is 0 Å². The molecule has 1 saturated carbocycles. The normalized spacial score (nSPS) is 30.0. The van der Waals surface area contributed by atoms with Gasteiger partial charge in [0, 0.05) is 12.6 Å². The highest BCUT2D eigenvalue weighted by atomic mass is 16.2. The lowest BCUT2D eigenvalue weighted by molar-refractivity contribution is 0.205. The summed E-state index contributed by atoms with van der Waals surface area (Å²) in [6.07, 6.45) is 7.43. The zero-order valence-corrected chi connectivity index (χ0v) is 12.5. The molecule has 1 saturated heterocycles. The number of hydrogen-bond acceptors (Lipinski definition) is 2. The molecule has 1 aliphatic heterocycles. The van der Waals surface area contributed by atoms with E-state index in [1.165, 1.54) is 25.7 Å². The Balaban J connectivity index is 1.64. The summed E-state index contributed by atoms with van der Waals surface area (Å²) >= 11 is 0. The Morgan fingerprint density at radius 3 is 2.53 bits per heavy atom. The Hall–Kier alpha value is -0.770. The molecule has 2 rings (SSSR count). The van der Waals surface area contributed by atoms with Crippen LogP contribution in [-0.2, 0) is 0 Å². The summed E-state index contributed by atoms with van der Waals surface area (Å²) < 4.78 is 0. The predicted molar refractivity (Wildman–Crippen MR) is 78.2 cm³/mol. The van der Waals surface area contributed by atoms with Crippen molar-refractivity contribution < 1.29 is 4.79 Å². The summed E-state index contributed by atoms with van der Waals surface area (Å²) in [7, 11) is 2.14. The van der Waals surface area contributed by atoms with Gasteiger partial charge in [-0.05, 0) is 51.2 Å². The summed E-state index contributed by atoms with van der Waals surface area (Å²) in [5.74, 6) is 1.44. The van der Waals surface area contributed by atoms with E-state index in [4.69, 9.17) is 0 Å². The maximum atomic E-state index is 11.9. The number of nitrogens with zero attached hydrogens (tertiary/aromatic N) is 1. The predicted octanol–water partition coefficient (Wildman–Crippen LogP) is 2.21. The minimum Gasteiger partial charge on any atom is -0.338 e. The van der Waals surface area contributed by atoms with Gasteiger partial charge in [-0.3, -0.25) is 0 Å². The molecule has 110 valence electrons. The van der Waals surface area contributed by atoms with Crippen LogP contribution in [0.4, 0.5) is 4.79 Å². The number of carbonyl (C=O) groups excluding carboxylic acids is 1. The standard InChI is InChI=1S/C15H29N3O/c1-12-5-3-4-6-13(12)11-16-15(19)17-14-7-9-18(2)10-8-14/h12-14H,3-11H2,1-2H3,(H2,16,17,19). The molecule has 0 aromatic rings. The van der Waals surface area contributed by atoms with Crippen molar-refractivity contribution in [1.29, 1.82) is 0 Å². The van der Waals surface area contributed by atoms with Gasteiger partial charge < -0.3 is 15.5 Å². The second-order valence-corrected chi connectivity index (χ2v) is 6.45. The van der Waals surface area contributed by atoms with Crippen LogP contribution in [0.15, 0.2) is 0 Å². The molecule has 0 radical (unpaired) electrons. The Morgan fingerprint density at radius 2 is 1.84 bits per heavy atom. The zero-order valence-electron chi connectivity index (χ0n) is 12.5. The topological polar surface area (TPSA) is 44.4 Å². The number of piperidine rings is 1. The van der Waals surface area contributed by atoms with Crippen LogP contribution in [0.5, 0.6) is 0 Å². The van der Waals surface area contributed by atoms with Crippen molar-refractivity contribution in [2.75, 3.05) is 26.7 Å². The van der Waals surface area contributed by atoms with Crippen LogP contribution >= 0.6 is 0 Å². The van der Waals surface area contributed by atoms with Crippen LogP contribution < -0.4 is 10.6 Å². The maximum Gasteiger partial charge on any atom is 0.315 e. The Morgan fingerprint density at radius 1 is 1.16 bits per heavy atom. The van der Waals surface area contributed by atoms with E-state index < -0.39 is 0 Å². The smallest absolute Gasteiger partial charge is 0.315 e. The van der Waals surface area contributed by atoms with Gasteiger partial charge in [-0.1, -0.05) is 26.2 Å². The minimum absolute atomic E-state index is 0.0346. The lowest BCUT2D eigenvalue weighted by atomic mass is 9.80. The fourth-order valence-electron chi connectivity index (χ4n) is 3.31. The van der Waals surface area contributed by atoms with E-state index in [1.54, 1.807) is 0 Å². The molecule has 2 aliphatic rings. The van der Waals surface area contributed by atoms with E-state index in [0.717, 1.165) is 38.4 Å². The van der Waals surface area contributed by atoms with E-state index in [-0.39, 0.29) is 6.03 Å². The van der Waals surface area contributed by atoms with Crippen LogP contribution in [0.25, 0.3) is 0 Å². The molecule has 4 nitrogen and oxygen atoms in total. The van der Waals surface area contributed by atoms with Crippen LogP contribution in [0, 0.1) is 11.8 Å². The maximum absolute atomic E-state index is 11.9. The summed E-state index contributed by atoms with van der Waals surface area (Å²) in [5.41, 5.74) is 0. The van der Waals surface area contributed by atoms with Gasteiger partial charge in [0.2, 0.25) is 0 Å². The number of rotatable bonds is 3. The fraction of sp³-hybridized carbons (Fsp3) is 0.933. The van der Waals surface area contributed by atoms with Crippen LogP contribution in [-0.4, -0.2) is 43.7 Å². The molecule has 2 unspecified atom stereocenters. The number of amides is 2. The third-order valence-electron chi connectivity index (χ3n) is 4.87. The quantitative estimate of drug-likeness (QED) is 0.823. The molecule has 1 aliphatic carbocycles. The number of carbonyl (C=O) groups is 1. The van der Waals surface area contributed by atoms with Crippen molar-refractivity contribution in [2.45, 2.75) is 51.5 Å². The molecular formula is C15H29N3O. The summed E-state index contributed by atoms with van der Waals surface area (Å²) in [6.45, 7) is 5.34. The van der Waals surface area contributed by atoms with Gasteiger partial charge in [-0.2, -0.15) is 0 Å². The first-order chi connectivity index (χ1) is 9.15. The monoisotopic (exact) mass is 267 g/mol. The average Bonchev–Trinajstić information content (AvgIpc) is 2.40. The van der Waals surface area contributed by atoms with Crippen molar-refractivity contribution in [1.82, 2.24) is 15.5 Å². The molecule has 2 N–H and O–H groups in total. The highest BCUT2D eigenvalue weighted by molar-refractivity contribution is 5.74. The van der Waals surface area contributed by atoms with Crippen LogP contribution in [0.2, 0.25) is 0 Å². The number of likely N-dealkylation sites (tertiary alicyclic amines) is 1. The van der Waals surface area contributed by atoms with E-state index in [9.17, 15) is 4.79 Å². The van der Waals surface area contributed by atoms with Crippen LogP contribution in [0.1, 0.15) is 45.4 Å². The van der Waals surface area contributed by atoms with E-state index >= 15 is 0 Å². The summed E-state index contributed by atoms with van der Waals surface area (Å²) in [5, 5.41) is 6.19. The highest BCUT2D eigenvalue weighted by Gasteiger charge is 2.22. The SMILES string of the molecule is CC1CCCCC1CNC(=O)NC1CCN(C)CC1. The Bertz CT molecular complexity index is 287. The Labute approximate surface area is 117 Å². The molecule has 1 heterocycles. The van der Waals surface area contributed by atoms with Crippen molar-refractivity contribution in [3.05, 3.63) is 0 Å². The van der Waals surface area contributed by atoms with Gasteiger partial charge >= 0.3 is 6.03 Å². The van der Waals surface area contributed by atoms with E-state index in [0.29, 0.717) is 12.0 Å². The van der Waals surface area contributed by atoms with Gasteiger partial charge in [0.15, 0.2) is 0 Å². The molecule has 0 spiro atoms. The second kappa shape index (κ2) is 7.13. The van der Waals surface area contributed by atoms with Crippen molar-refractivity contribution in [3.8, 4) is 0 Å². The minimum atomic E-state index is 0.0346. The van der Waals surface area contributed by atoms with Crippen molar-refractivity contribution >= 4 is 6.03 Å². The molecule has 2 fully saturated rings. The van der Waals surface area contributed by atoms with Gasteiger partial charge in [-0.25, -0.2) is 4.79 Å². The summed E-state index contributed by atoms with van der Waals surface area (Å²) in [4.78, 5) is 14.2. The number of nitrogens with one attached hydrogen (secondary N) is 2. The number of urea groups is 1. The van der Waals surface area contributed by atoms with Crippen LogP contribution in [0.3, 0.4) is 0 Å². The lowest BCUT2D eigenvalue weighted by Gasteiger charge is -2.31. The molecule has 4 heteroatoms. The van der Waals surface area contributed by atoms with Crippen molar-refractivity contribution in [3.63, 3.8) is 0 Å². The Kier molecular flexibility index (Phi) is 5.49. The molecule has 2 atom stereocenters. The molecule has 2 amide bonds. The fourth-order valence-corrected chi connectivity index (χ4v) is 3.31. The molecule has 0 aromatic heterocycles. The third kappa shape index (κ3) is 4.68. The second-order valence-electron chi connectivity index (χ2n) is 6.45. The van der Waals surface area contributed by atoms with E-state index in [1.807, 2.05) is 0 Å². The van der Waals surface area contributed by atoms with Gasteiger partial charge in [0.05, 0.1) is 0 Å². The first-order valence-corrected chi connectivity index (χ1v) is 7.88. The van der Waals surface area contributed by atoms with E-state index in [2.05, 4.69) is 29.5 Å². The zero-order chi connectivity index (χ0) is 13.7. The lowest BCUT2D eigenvalue weighted by Crippen LogP contribution is -2.48. The molecule has 0 bridgehead atoms. The third-order valence-corrected chi connectivity index (χ3v) is 4.87. The van der Waals surface area contributed by atoms with Gasteiger partial charge in [-0.15, -0.1) is 0 Å². The first kappa shape index (κ1) is 14.6. The molecule has 0 aromatic carbocycles. The summed E-state index contributed by atoms with van der Waals surface area (Å²) in [6, 6.07) is 0.396. The average molecular weight is 267 g/mol. The van der Waals surface area contributed by atoms with Gasteiger partial charge in [0.25, 0.3) is 0 Å². The molecular weight excluding hydrogens is 238 g/mol.